The Morgan fingerprint density at radius 3 is 2.48 bits per heavy atom. The van der Waals surface area contributed by atoms with E-state index in [1.807, 2.05) is 5.43 Å². The van der Waals surface area contributed by atoms with Gasteiger partial charge in [0.05, 0.1) is 7.11 Å². The largest absolute Gasteiger partial charge is 0.497 e. The molecule has 0 unspecified atom stereocenters. The van der Waals surface area contributed by atoms with Crippen molar-refractivity contribution < 1.29 is 22.6 Å². The lowest BCUT2D eigenvalue weighted by molar-refractivity contribution is -0.141. The van der Waals surface area contributed by atoms with E-state index in [4.69, 9.17) is 15.3 Å². The van der Waals surface area contributed by atoms with Crippen molar-refractivity contribution in [1.82, 2.24) is 9.97 Å². The van der Waals surface area contributed by atoms with E-state index in [0.29, 0.717) is 11.8 Å². The summed E-state index contributed by atoms with van der Waals surface area (Å²) in [5.41, 5.74) is 0.798. The number of hydrazine groups is 1. The van der Waals surface area contributed by atoms with Gasteiger partial charge in [-0.25, -0.2) is 10.8 Å². The van der Waals surface area contributed by atoms with Gasteiger partial charge in [0.2, 0.25) is 11.8 Å². The Labute approximate surface area is 117 Å². The quantitative estimate of drug-likeness (QED) is 0.667. The molecule has 112 valence electrons. The molecule has 0 saturated carbocycles. The number of nitrogens with zero attached hydrogens (tertiary/aromatic N) is 2. The molecule has 6 nitrogen and oxygen atoms in total. The minimum atomic E-state index is -4.64. The highest BCUT2D eigenvalue weighted by Gasteiger charge is 2.34. The number of aromatic nitrogens is 2. The highest BCUT2D eigenvalue weighted by atomic mass is 19.4. The fourth-order valence-electron chi connectivity index (χ4n) is 1.47. The molecule has 1 aromatic carbocycles. The molecular weight excluding hydrogens is 289 g/mol. The van der Waals surface area contributed by atoms with E-state index >= 15 is 0 Å². The number of hydrogen-bond donors (Lipinski definition) is 2. The van der Waals surface area contributed by atoms with Crippen LogP contribution in [0.4, 0.5) is 19.1 Å². The van der Waals surface area contributed by atoms with Gasteiger partial charge in [-0.15, -0.1) is 0 Å². The van der Waals surface area contributed by atoms with Crippen molar-refractivity contribution in [2.24, 2.45) is 5.84 Å². The molecule has 0 aliphatic carbocycles. The fraction of sp³-hybridized carbons (Fsp3) is 0.167. The maximum absolute atomic E-state index is 12.7. The van der Waals surface area contributed by atoms with Gasteiger partial charge < -0.3 is 9.47 Å². The van der Waals surface area contributed by atoms with Crippen molar-refractivity contribution >= 4 is 5.95 Å². The van der Waals surface area contributed by atoms with Crippen LogP contribution in [-0.2, 0) is 6.18 Å². The summed E-state index contributed by atoms with van der Waals surface area (Å²) in [5.74, 6) is 5.12. The topological polar surface area (TPSA) is 82.3 Å². The van der Waals surface area contributed by atoms with Crippen LogP contribution < -0.4 is 20.7 Å². The number of rotatable bonds is 4. The predicted molar refractivity (Wildman–Crippen MR) is 67.9 cm³/mol. The summed E-state index contributed by atoms with van der Waals surface area (Å²) in [6, 6.07) is 7.03. The predicted octanol–water partition coefficient (Wildman–Crippen LogP) is 2.58. The van der Waals surface area contributed by atoms with Crippen molar-refractivity contribution in [3.8, 4) is 17.4 Å². The Hall–Kier alpha value is -2.55. The number of methoxy groups -OCH3 is 1. The molecular formula is C12H11F3N4O2. The third-order valence-electron chi connectivity index (χ3n) is 2.39. The van der Waals surface area contributed by atoms with E-state index in [-0.39, 0.29) is 11.6 Å². The molecule has 0 amide bonds. The molecule has 0 aliphatic heterocycles. The van der Waals surface area contributed by atoms with Gasteiger partial charge in [0.25, 0.3) is 0 Å². The average Bonchev–Trinajstić information content (AvgIpc) is 2.46. The van der Waals surface area contributed by atoms with Crippen molar-refractivity contribution in [3.63, 3.8) is 0 Å². The molecule has 9 heteroatoms. The SMILES string of the molecule is COc1cccc(Oc2cc(C(F)(F)F)nc(NN)n2)c1. The highest BCUT2D eigenvalue weighted by Crippen LogP contribution is 2.32. The summed E-state index contributed by atoms with van der Waals surface area (Å²) >= 11 is 0. The maximum Gasteiger partial charge on any atom is 0.433 e. The summed E-state index contributed by atoms with van der Waals surface area (Å²) < 4.78 is 48.4. The normalized spacial score (nSPS) is 11.1. The Morgan fingerprint density at radius 1 is 1.14 bits per heavy atom. The minimum absolute atomic E-state index is 0.268. The first-order valence-electron chi connectivity index (χ1n) is 5.67. The Balaban J connectivity index is 2.34. The highest BCUT2D eigenvalue weighted by molar-refractivity contribution is 5.37. The zero-order valence-electron chi connectivity index (χ0n) is 10.8. The molecule has 0 saturated heterocycles. The molecule has 3 N–H and O–H groups in total. The first-order valence-corrected chi connectivity index (χ1v) is 5.67. The van der Waals surface area contributed by atoms with Gasteiger partial charge in [0, 0.05) is 12.1 Å². The molecule has 0 spiro atoms. The minimum Gasteiger partial charge on any atom is -0.497 e. The molecule has 0 aliphatic rings. The summed E-state index contributed by atoms with van der Waals surface area (Å²) in [4.78, 5) is 6.93. The molecule has 1 heterocycles. The molecule has 0 fully saturated rings. The van der Waals surface area contributed by atoms with Crippen LogP contribution in [-0.4, -0.2) is 17.1 Å². The van der Waals surface area contributed by atoms with E-state index in [2.05, 4.69) is 9.97 Å². The van der Waals surface area contributed by atoms with E-state index in [0.717, 1.165) is 0 Å². The van der Waals surface area contributed by atoms with Crippen LogP contribution in [0.1, 0.15) is 5.69 Å². The number of halogens is 3. The van der Waals surface area contributed by atoms with E-state index in [1.165, 1.54) is 13.2 Å². The summed E-state index contributed by atoms with van der Waals surface area (Å²) in [6.07, 6.45) is -4.64. The molecule has 21 heavy (non-hydrogen) atoms. The van der Waals surface area contributed by atoms with Crippen LogP contribution in [0.25, 0.3) is 0 Å². The lowest BCUT2D eigenvalue weighted by atomic mass is 10.3. The number of alkyl halides is 3. The molecule has 2 aromatic rings. The first kappa shape index (κ1) is 14.9. The summed E-state index contributed by atoms with van der Waals surface area (Å²) in [6.45, 7) is 0. The number of nitrogen functional groups attached to an aromatic ring is 1. The number of ether oxygens (including phenoxy) is 2. The average molecular weight is 300 g/mol. The zero-order valence-corrected chi connectivity index (χ0v) is 10.8. The van der Waals surface area contributed by atoms with Crippen LogP contribution in [0.5, 0.6) is 17.4 Å². The van der Waals surface area contributed by atoms with Gasteiger partial charge in [-0.2, -0.15) is 18.2 Å². The van der Waals surface area contributed by atoms with Crippen LogP contribution in [0.15, 0.2) is 30.3 Å². The summed E-state index contributed by atoms with van der Waals surface area (Å²) in [7, 11) is 1.46. The molecule has 0 bridgehead atoms. The number of anilines is 1. The molecule has 0 atom stereocenters. The Morgan fingerprint density at radius 2 is 1.86 bits per heavy atom. The fourth-order valence-corrected chi connectivity index (χ4v) is 1.47. The van der Waals surface area contributed by atoms with E-state index in [9.17, 15) is 13.2 Å². The Kier molecular flexibility index (Phi) is 4.13. The van der Waals surface area contributed by atoms with Crippen LogP contribution >= 0.6 is 0 Å². The molecule has 0 radical (unpaired) electrons. The van der Waals surface area contributed by atoms with E-state index < -0.39 is 17.8 Å². The van der Waals surface area contributed by atoms with Crippen molar-refractivity contribution in [3.05, 3.63) is 36.0 Å². The second-order valence-electron chi connectivity index (χ2n) is 3.84. The van der Waals surface area contributed by atoms with Gasteiger partial charge in [-0.1, -0.05) is 6.07 Å². The standard InChI is InChI=1S/C12H11F3N4O2/c1-20-7-3-2-4-8(5-7)21-10-6-9(12(13,14)15)17-11(18-10)19-16/h2-6H,16H2,1H3,(H,17,18,19). The monoisotopic (exact) mass is 300 g/mol. The van der Waals surface area contributed by atoms with E-state index in [1.54, 1.807) is 18.2 Å². The smallest absolute Gasteiger partial charge is 0.433 e. The second-order valence-corrected chi connectivity index (χ2v) is 3.84. The van der Waals surface area contributed by atoms with Crippen molar-refractivity contribution in [2.75, 3.05) is 12.5 Å². The molecule has 2 rings (SSSR count). The third kappa shape index (κ3) is 3.72. The second kappa shape index (κ2) is 5.83. The number of nitrogens with two attached hydrogens (primary N) is 1. The maximum atomic E-state index is 12.7. The van der Waals surface area contributed by atoms with Crippen LogP contribution in [0.3, 0.4) is 0 Å². The van der Waals surface area contributed by atoms with Gasteiger partial charge in [0.15, 0.2) is 5.69 Å². The number of benzene rings is 1. The number of nitrogens with one attached hydrogen (secondary N) is 1. The van der Waals surface area contributed by atoms with Gasteiger partial charge in [-0.05, 0) is 12.1 Å². The van der Waals surface area contributed by atoms with Crippen molar-refractivity contribution in [2.45, 2.75) is 6.18 Å². The van der Waals surface area contributed by atoms with Crippen LogP contribution in [0, 0.1) is 0 Å². The molecule has 1 aromatic heterocycles. The lowest BCUT2D eigenvalue weighted by Crippen LogP contribution is -2.15. The summed E-state index contributed by atoms with van der Waals surface area (Å²) in [5, 5.41) is 0. The van der Waals surface area contributed by atoms with Gasteiger partial charge in [0.1, 0.15) is 11.5 Å². The third-order valence-corrected chi connectivity index (χ3v) is 2.39. The Bertz CT molecular complexity index is 634. The van der Waals surface area contributed by atoms with Crippen molar-refractivity contribution in [1.29, 1.82) is 0 Å². The first-order chi connectivity index (χ1) is 9.92. The number of hydrogen-bond acceptors (Lipinski definition) is 6. The van der Waals surface area contributed by atoms with Gasteiger partial charge in [-0.3, -0.25) is 5.43 Å². The van der Waals surface area contributed by atoms with Crippen LogP contribution in [0.2, 0.25) is 0 Å². The lowest BCUT2D eigenvalue weighted by Gasteiger charge is -2.11. The zero-order chi connectivity index (χ0) is 15.5. The van der Waals surface area contributed by atoms with Gasteiger partial charge >= 0.3 is 6.18 Å².